The van der Waals surface area contributed by atoms with Crippen LogP contribution in [-0.4, -0.2) is 18.8 Å². The van der Waals surface area contributed by atoms with E-state index in [1.54, 1.807) is 0 Å². The maximum absolute atomic E-state index is 5.68. The molecule has 4 nitrogen and oxygen atoms in total. The van der Waals surface area contributed by atoms with Crippen molar-refractivity contribution in [3.05, 3.63) is 29.8 Å². The van der Waals surface area contributed by atoms with Crippen molar-refractivity contribution in [2.45, 2.75) is 45.9 Å². The molecule has 0 fully saturated rings. The van der Waals surface area contributed by atoms with Gasteiger partial charge in [0.1, 0.15) is 5.75 Å². The fourth-order valence-corrected chi connectivity index (χ4v) is 1.92. The molecule has 0 heterocycles. The number of nitrogens with two attached hydrogens (primary N) is 1. The maximum atomic E-state index is 5.68. The molecule has 0 amide bonds. The highest BCUT2D eigenvalue weighted by Crippen LogP contribution is 2.23. The van der Waals surface area contributed by atoms with E-state index < -0.39 is 0 Å². The predicted octanol–water partition coefficient (Wildman–Crippen LogP) is 2.40. The lowest BCUT2D eigenvalue weighted by Gasteiger charge is -2.24. The number of hydrogen-bond acceptors (Lipinski definition) is 4. The van der Waals surface area contributed by atoms with Gasteiger partial charge in [0.15, 0.2) is 0 Å². The first-order valence-electron chi connectivity index (χ1n) is 6.42. The molecule has 0 aliphatic heterocycles. The Balaban J connectivity index is 2.85. The van der Waals surface area contributed by atoms with Crippen LogP contribution in [0.3, 0.4) is 0 Å². The summed E-state index contributed by atoms with van der Waals surface area (Å²) in [7, 11) is 0. The first kappa shape index (κ1) is 15.0. The van der Waals surface area contributed by atoms with Crippen LogP contribution in [0.15, 0.2) is 24.3 Å². The van der Waals surface area contributed by atoms with E-state index in [1.165, 1.54) is 0 Å². The molecule has 2 unspecified atom stereocenters. The monoisotopic (exact) mass is 252 g/mol. The molecule has 3 N–H and O–H groups in total. The predicted molar refractivity (Wildman–Crippen MR) is 73.4 cm³/mol. The van der Waals surface area contributed by atoms with Gasteiger partial charge in [0.2, 0.25) is 0 Å². The molecule has 1 aromatic carbocycles. The average Bonchev–Trinajstić information content (AvgIpc) is 2.30. The SMILES string of the molecule is CCOC(C)C(NN)c1cccc(OC(C)C)c1. The molecule has 0 aliphatic carbocycles. The quantitative estimate of drug-likeness (QED) is 0.578. The summed E-state index contributed by atoms with van der Waals surface area (Å²) in [6.07, 6.45) is 0.170. The van der Waals surface area contributed by atoms with Crippen molar-refractivity contribution >= 4 is 0 Å². The van der Waals surface area contributed by atoms with Crippen LogP contribution in [0.25, 0.3) is 0 Å². The molecule has 18 heavy (non-hydrogen) atoms. The van der Waals surface area contributed by atoms with Crippen molar-refractivity contribution in [3.8, 4) is 5.75 Å². The third kappa shape index (κ3) is 4.29. The van der Waals surface area contributed by atoms with Crippen LogP contribution in [0.4, 0.5) is 0 Å². The Morgan fingerprint density at radius 1 is 1.28 bits per heavy atom. The van der Waals surface area contributed by atoms with Gasteiger partial charge in [-0.15, -0.1) is 0 Å². The highest BCUT2D eigenvalue weighted by atomic mass is 16.5. The van der Waals surface area contributed by atoms with E-state index in [9.17, 15) is 0 Å². The summed E-state index contributed by atoms with van der Waals surface area (Å²) in [4.78, 5) is 0. The van der Waals surface area contributed by atoms with E-state index in [0.29, 0.717) is 6.61 Å². The number of hydrogen-bond donors (Lipinski definition) is 2. The van der Waals surface area contributed by atoms with E-state index in [-0.39, 0.29) is 18.2 Å². The third-order valence-electron chi connectivity index (χ3n) is 2.67. The highest BCUT2D eigenvalue weighted by Gasteiger charge is 2.18. The minimum absolute atomic E-state index is 0.00861. The van der Waals surface area contributed by atoms with Crippen molar-refractivity contribution in [1.82, 2.24) is 5.43 Å². The van der Waals surface area contributed by atoms with Gasteiger partial charge in [-0.2, -0.15) is 0 Å². The lowest BCUT2D eigenvalue weighted by atomic mass is 10.0. The van der Waals surface area contributed by atoms with E-state index in [2.05, 4.69) is 5.43 Å². The van der Waals surface area contributed by atoms with Gasteiger partial charge in [-0.05, 0) is 45.4 Å². The summed E-state index contributed by atoms with van der Waals surface area (Å²) in [6, 6.07) is 7.90. The topological polar surface area (TPSA) is 56.5 Å². The molecule has 0 aliphatic rings. The standard InChI is InChI=1S/C14H24N2O2/c1-5-17-11(4)14(16-15)12-7-6-8-13(9-12)18-10(2)3/h6-11,14,16H,5,15H2,1-4H3. The molecule has 1 aromatic rings. The number of nitrogens with one attached hydrogen (secondary N) is 1. The number of hydrazine groups is 1. The van der Waals surface area contributed by atoms with Gasteiger partial charge in [0.05, 0.1) is 18.2 Å². The molecule has 0 saturated carbocycles. The second kappa shape index (κ2) is 7.36. The Kier molecular flexibility index (Phi) is 6.12. The maximum Gasteiger partial charge on any atom is 0.120 e. The van der Waals surface area contributed by atoms with E-state index in [4.69, 9.17) is 15.3 Å². The van der Waals surface area contributed by atoms with Gasteiger partial charge in [-0.3, -0.25) is 11.3 Å². The van der Waals surface area contributed by atoms with Crippen LogP contribution in [0, 0.1) is 0 Å². The van der Waals surface area contributed by atoms with Crippen LogP contribution in [0.1, 0.15) is 39.3 Å². The fraction of sp³-hybridized carbons (Fsp3) is 0.571. The average molecular weight is 252 g/mol. The Morgan fingerprint density at radius 3 is 2.56 bits per heavy atom. The largest absolute Gasteiger partial charge is 0.491 e. The number of rotatable bonds is 7. The second-order valence-corrected chi connectivity index (χ2v) is 4.54. The lowest BCUT2D eigenvalue weighted by molar-refractivity contribution is 0.0472. The van der Waals surface area contributed by atoms with E-state index in [0.717, 1.165) is 11.3 Å². The minimum Gasteiger partial charge on any atom is -0.491 e. The first-order valence-corrected chi connectivity index (χ1v) is 6.42. The number of benzene rings is 1. The summed E-state index contributed by atoms with van der Waals surface area (Å²) in [5.74, 6) is 6.47. The lowest BCUT2D eigenvalue weighted by Crippen LogP contribution is -2.36. The molecule has 1 rings (SSSR count). The molecular formula is C14H24N2O2. The van der Waals surface area contributed by atoms with Gasteiger partial charge in [-0.1, -0.05) is 12.1 Å². The molecule has 0 spiro atoms. The molecule has 0 aromatic heterocycles. The van der Waals surface area contributed by atoms with Crippen LogP contribution in [-0.2, 0) is 4.74 Å². The van der Waals surface area contributed by atoms with Crippen molar-refractivity contribution in [2.75, 3.05) is 6.61 Å². The summed E-state index contributed by atoms with van der Waals surface area (Å²) in [5.41, 5.74) is 3.87. The van der Waals surface area contributed by atoms with Gasteiger partial charge >= 0.3 is 0 Å². The second-order valence-electron chi connectivity index (χ2n) is 4.54. The first-order chi connectivity index (χ1) is 8.58. The van der Waals surface area contributed by atoms with Gasteiger partial charge in [0.25, 0.3) is 0 Å². The summed E-state index contributed by atoms with van der Waals surface area (Å²) in [6.45, 7) is 8.66. The molecule has 0 saturated heterocycles. The summed E-state index contributed by atoms with van der Waals surface area (Å²) < 4.78 is 11.3. The normalized spacial score (nSPS) is 14.6. The van der Waals surface area contributed by atoms with Crippen LogP contribution in [0.2, 0.25) is 0 Å². The Morgan fingerprint density at radius 2 is 2.00 bits per heavy atom. The van der Waals surface area contributed by atoms with Crippen LogP contribution in [0.5, 0.6) is 5.75 Å². The Bertz CT molecular complexity index is 355. The van der Waals surface area contributed by atoms with Crippen molar-refractivity contribution in [3.63, 3.8) is 0 Å². The minimum atomic E-state index is -0.0411. The molecule has 2 atom stereocenters. The van der Waals surface area contributed by atoms with Crippen LogP contribution < -0.4 is 16.0 Å². The van der Waals surface area contributed by atoms with Gasteiger partial charge in [0, 0.05) is 6.61 Å². The zero-order valence-corrected chi connectivity index (χ0v) is 11.6. The van der Waals surface area contributed by atoms with E-state index in [1.807, 2.05) is 52.0 Å². The van der Waals surface area contributed by atoms with Crippen molar-refractivity contribution < 1.29 is 9.47 Å². The molecule has 0 bridgehead atoms. The fourth-order valence-electron chi connectivity index (χ4n) is 1.92. The molecule has 0 radical (unpaired) electrons. The number of ether oxygens (including phenoxy) is 2. The molecule has 4 heteroatoms. The van der Waals surface area contributed by atoms with Gasteiger partial charge in [-0.25, -0.2) is 0 Å². The van der Waals surface area contributed by atoms with Crippen LogP contribution >= 0.6 is 0 Å². The summed E-state index contributed by atoms with van der Waals surface area (Å²) in [5, 5.41) is 0. The molecular weight excluding hydrogens is 228 g/mol. The third-order valence-corrected chi connectivity index (χ3v) is 2.67. The van der Waals surface area contributed by atoms with E-state index >= 15 is 0 Å². The smallest absolute Gasteiger partial charge is 0.120 e. The van der Waals surface area contributed by atoms with Crippen molar-refractivity contribution in [1.29, 1.82) is 0 Å². The van der Waals surface area contributed by atoms with Crippen molar-refractivity contribution in [2.24, 2.45) is 5.84 Å². The molecule has 102 valence electrons. The highest BCUT2D eigenvalue weighted by molar-refractivity contribution is 5.31. The Labute approximate surface area is 109 Å². The zero-order valence-electron chi connectivity index (χ0n) is 11.6. The van der Waals surface area contributed by atoms with Gasteiger partial charge < -0.3 is 9.47 Å². The zero-order chi connectivity index (χ0) is 13.5. The summed E-state index contributed by atoms with van der Waals surface area (Å²) >= 11 is 0. The Hall–Kier alpha value is -1.10.